The van der Waals surface area contributed by atoms with Gasteiger partial charge in [0.15, 0.2) is 11.5 Å². The van der Waals surface area contributed by atoms with Crippen molar-refractivity contribution in [2.75, 3.05) is 14.2 Å². The average Bonchev–Trinajstić information content (AvgIpc) is 2.45. The van der Waals surface area contributed by atoms with E-state index in [9.17, 15) is 0 Å². The van der Waals surface area contributed by atoms with Crippen molar-refractivity contribution in [1.82, 2.24) is 5.32 Å². The van der Waals surface area contributed by atoms with Gasteiger partial charge in [-0.1, -0.05) is 11.2 Å². The molecule has 0 radical (unpaired) electrons. The maximum Gasteiger partial charge on any atom is 0.161 e. The Labute approximate surface area is 119 Å². The Morgan fingerprint density at radius 1 is 1.30 bits per heavy atom. The summed E-state index contributed by atoms with van der Waals surface area (Å²) in [6, 6.07) is 5.99. The molecule has 0 saturated heterocycles. The van der Waals surface area contributed by atoms with Gasteiger partial charge in [-0.25, -0.2) is 0 Å². The zero-order valence-corrected chi connectivity index (χ0v) is 12.4. The summed E-state index contributed by atoms with van der Waals surface area (Å²) in [6.07, 6.45) is 0.480. The monoisotopic (exact) mass is 281 g/mol. The van der Waals surface area contributed by atoms with Crippen molar-refractivity contribution in [3.05, 3.63) is 23.8 Å². The fourth-order valence-electron chi connectivity index (χ4n) is 2.06. The zero-order chi connectivity index (χ0) is 15.1. The van der Waals surface area contributed by atoms with E-state index in [1.807, 2.05) is 32.0 Å². The van der Waals surface area contributed by atoms with Crippen molar-refractivity contribution in [1.29, 1.82) is 0 Å². The summed E-state index contributed by atoms with van der Waals surface area (Å²) in [5.41, 5.74) is 6.57. The minimum absolute atomic E-state index is 0.0917. The third kappa shape index (κ3) is 4.31. The third-order valence-electron chi connectivity index (χ3n) is 3.09. The number of hydrogen-bond donors (Lipinski definition) is 3. The molecule has 1 rings (SSSR count). The van der Waals surface area contributed by atoms with Gasteiger partial charge in [0.05, 0.1) is 14.2 Å². The first-order valence-corrected chi connectivity index (χ1v) is 6.46. The Bertz CT molecular complexity index is 463. The number of methoxy groups -OCH3 is 2. The number of nitrogens with two attached hydrogens (primary N) is 1. The van der Waals surface area contributed by atoms with Gasteiger partial charge in [-0.05, 0) is 31.5 Å². The highest BCUT2D eigenvalue weighted by atomic mass is 16.5. The van der Waals surface area contributed by atoms with Gasteiger partial charge in [-0.2, -0.15) is 0 Å². The number of hydrogen-bond acceptors (Lipinski definition) is 5. The van der Waals surface area contributed by atoms with Crippen molar-refractivity contribution >= 4 is 5.84 Å². The van der Waals surface area contributed by atoms with Gasteiger partial charge in [0, 0.05) is 18.5 Å². The fraction of sp³-hybridized carbons (Fsp3) is 0.500. The van der Waals surface area contributed by atoms with Gasteiger partial charge in [-0.15, -0.1) is 0 Å². The lowest BCUT2D eigenvalue weighted by Gasteiger charge is -2.21. The van der Waals surface area contributed by atoms with Crippen LogP contribution < -0.4 is 20.5 Å². The van der Waals surface area contributed by atoms with Crippen molar-refractivity contribution in [3.63, 3.8) is 0 Å². The highest BCUT2D eigenvalue weighted by Crippen LogP contribution is 2.30. The number of oxime groups is 1. The van der Waals surface area contributed by atoms with Crippen LogP contribution in [-0.2, 0) is 0 Å². The van der Waals surface area contributed by atoms with Gasteiger partial charge < -0.3 is 25.7 Å². The highest BCUT2D eigenvalue weighted by Gasteiger charge is 2.13. The van der Waals surface area contributed by atoms with E-state index in [4.69, 9.17) is 20.4 Å². The minimum Gasteiger partial charge on any atom is -0.493 e. The molecule has 0 amide bonds. The van der Waals surface area contributed by atoms with Crippen LogP contribution in [0.5, 0.6) is 11.5 Å². The largest absolute Gasteiger partial charge is 0.493 e. The number of nitrogens with zero attached hydrogens (tertiary/aromatic N) is 1. The van der Waals surface area contributed by atoms with E-state index >= 15 is 0 Å². The second-order valence-corrected chi connectivity index (χ2v) is 4.70. The Hall–Kier alpha value is -1.95. The summed E-state index contributed by atoms with van der Waals surface area (Å²) in [5, 5.41) is 14.9. The molecule has 0 spiro atoms. The van der Waals surface area contributed by atoms with Crippen LogP contribution in [0.2, 0.25) is 0 Å². The first kappa shape index (κ1) is 16.1. The minimum atomic E-state index is 0.0917. The second-order valence-electron chi connectivity index (χ2n) is 4.70. The molecule has 6 nitrogen and oxygen atoms in total. The Kier molecular flexibility index (Phi) is 6.11. The number of rotatable bonds is 7. The van der Waals surface area contributed by atoms with E-state index in [1.54, 1.807) is 14.2 Å². The number of amidine groups is 1. The molecule has 2 atom stereocenters. The fourth-order valence-corrected chi connectivity index (χ4v) is 2.06. The topological polar surface area (TPSA) is 89.1 Å². The van der Waals surface area contributed by atoms with Crippen molar-refractivity contribution in [2.24, 2.45) is 10.9 Å². The van der Waals surface area contributed by atoms with Crippen LogP contribution in [0.1, 0.15) is 31.9 Å². The van der Waals surface area contributed by atoms with E-state index in [0.29, 0.717) is 17.9 Å². The molecule has 2 unspecified atom stereocenters. The van der Waals surface area contributed by atoms with Crippen LogP contribution in [0, 0.1) is 0 Å². The molecule has 20 heavy (non-hydrogen) atoms. The molecule has 0 fully saturated rings. The highest BCUT2D eigenvalue weighted by molar-refractivity contribution is 5.80. The molecule has 6 heteroatoms. The zero-order valence-electron chi connectivity index (χ0n) is 12.4. The predicted molar refractivity (Wildman–Crippen MR) is 78.6 cm³/mol. The molecule has 0 heterocycles. The third-order valence-corrected chi connectivity index (χ3v) is 3.09. The maximum atomic E-state index is 8.57. The number of benzene rings is 1. The standard InChI is InChI=1S/C14H23N3O3/c1-9(7-14(15)17-18)16-10(2)11-5-6-12(19-3)13(8-11)20-4/h5-6,8-10,16,18H,7H2,1-4H3,(H2,15,17). The molecule has 0 aliphatic rings. The summed E-state index contributed by atoms with van der Waals surface area (Å²) in [5.74, 6) is 1.61. The Morgan fingerprint density at radius 3 is 2.50 bits per heavy atom. The lowest BCUT2D eigenvalue weighted by atomic mass is 10.1. The van der Waals surface area contributed by atoms with Crippen LogP contribution >= 0.6 is 0 Å². The van der Waals surface area contributed by atoms with E-state index in [2.05, 4.69) is 10.5 Å². The van der Waals surface area contributed by atoms with Crippen LogP contribution in [0.15, 0.2) is 23.4 Å². The summed E-state index contributed by atoms with van der Waals surface area (Å²) in [4.78, 5) is 0. The molecule has 112 valence electrons. The maximum absolute atomic E-state index is 8.57. The SMILES string of the molecule is COc1ccc(C(C)NC(C)CC(N)=NO)cc1OC. The lowest BCUT2D eigenvalue weighted by Crippen LogP contribution is -2.33. The number of ether oxygens (including phenoxy) is 2. The Balaban J connectivity index is 2.74. The van der Waals surface area contributed by atoms with E-state index in [1.165, 1.54) is 0 Å². The van der Waals surface area contributed by atoms with Crippen molar-refractivity contribution in [2.45, 2.75) is 32.4 Å². The van der Waals surface area contributed by atoms with Crippen molar-refractivity contribution in [3.8, 4) is 11.5 Å². The van der Waals surface area contributed by atoms with Gasteiger partial charge in [0.1, 0.15) is 5.84 Å². The molecule has 0 aromatic heterocycles. The van der Waals surface area contributed by atoms with Gasteiger partial charge in [0.25, 0.3) is 0 Å². The smallest absolute Gasteiger partial charge is 0.161 e. The molecule has 4 N–H and O–H groups in total. The van der Waals surface area contributed by atoms with Crippen LogP contribution in [0.25, 0.3) is 0 Å². The number of nitrogens with one attached hydrogen (secondary N) is 1. The van der Waals surface area contributed by atoms with Crippen molar-refractivity contribution < 1.29 is 14.7 Å². The van der Waals surface area contributed by atoms with Gasteiger partial charge >= 0.3 is 0 Å². The molecule has 0 aliphatic heterocycles. The molecule has 1 aromatic carbocycles. The molecule has 0 bridgehead atoms. The molecule has 0 aliphatic carbocycles. The van der Waals surface area contributed by atoms with Gasteiger partial charge in [0.2, 0.25) is 0 Å². The molecular formula is C14H23N3O3. The predicted octanol–water partition coefficient (Wildman–Crippen LogP) is 1.88. The summed E-state index contributed by atoms with van der Waals surface area (Å²) < 4.78 is 10.5. The van der Waals surface area contributed by atoms with Crippen LogP contribution in [0.3, 0.4) is 0 Å². The molecule has 0 saturated carbocycles. The lowest BCUT2D eigenvalue weighted by molar-refractivity contribution is 0.315. The second kappa shape index (κ2) is 7.59. The summed E-state index contributed by atoms with van der Waals surface area (Å²) >= 11 is 0. The molecule has 1 aromatic rings. The Morgan fingerprint density at radius 2 is 1.95 bits per heavy atom. The van der Waals surface area contributed by atoms with E-state index < -0.39 is 0 Å². The van der Waals surface area contributed by atoms with Crippen LogP contribution in [-0.4, -0.2) is 31.3 Å². The quantitative estimate of drug-likeness (QED) is 0.307. The first-order chi connectivity index (χ1) is 9.51. The average molecular weight is 281 g/mol. The van der Waals surface area contributed by atoms with Gasteiger partial charge in [-0.3, -0.25) is 0 Å². The summed E-state index contributed by atoms with van der Waals surface area (Å²) in [7, 11) is 3.22. The first-order valence-electron chi connectivity index (χ1n) is 6.46. The normalized spacial score (nSPS) is 14.7. The van der Waals surface area contributed by atoms with E-state index in [-0.39, 0.29) is 17.9 Å². The summed E-state index contributed by atoms with van der Waals surface area (Å²) in [6.45, 7) is 4.03. The van der Waals surface area contributed by atoms with Crippen LogP contribution in [0.4, 0.5) is 0 Å². The molecular weight excluding hydrogens is 258 g/mol. The van der Waals surface area contributed by atoms with E-state index in [0.717, 1.165) is 5.56 Å².